The molecule has 0 aromatic carbocycles. The zero-order valence-electron chi connectivity index (χ0n) is 10.6. The maximum Gasteiger partial charge on any atom is 0.326 e. The summed E-state index contributed by atoms with van der Waals surface area (Å²) < 4.78 is 1.28. The Morgan fingerprint density at radius 2 is 2.16 bits per heavy atom. The zero-order chi connectivity index (χ0) is 14.0. The zero-order valence-corrected chi connectivity index (χ0v) is 10.6. The Kier molecular flexibility index (Phi) is 3.69. The van der Waals surface area contributed by atoms with E-state index < -0.39 is 17.9 Å². The molecule has 0 saturated heterocycles. The van der Waals surface area contributed by atoms with E-state index in [1.165, 1.54) is 29.9 Å². The number of rotatable bonds is 5. The van der Waals surface area contributed by atoms with Crippen LogP contribution >= 0.6 is 0 Å². The van der Waals surface area contributed by atoms with Crippen LogP contribution in [0.3, 0.4) is 0 Å². The molecule has 1 heterocycles. The first-order chi connectivity index (χ1) is 8.97. The largest absolute Gasteiger partial charge is 0.480 e. The lowest BCUT2D eigenvalue weighted by molar-refractivity contribution is -0.139. The summed E-state index contributed by atoms with van der Waals surface area (Å²) in [4.78, 5) is 34.2. The van der Waals surface area contributed by atoms with Crippen molar-refractivity contribution in [3.63, 3.8) is 0 Å². The number of hydrogen-bond acceptors (Lipinski definition) is 3. The normalized spacial score (nSPS) is 15.8. The number of amides is 1. The molecule has 1 atom stereocenters. The van der Waals surface area contributed by atoms with E-state index in [2.05, 4.69) is 5.32 Å². The van der Waals surface area contributed by atoms with Crippen LogP contribution in [0.5, 0.6) is 0 Å². The molecule has 102 valence electrons. The van der Waals surface area contributed by atoms with E-state index in [1.807, 2.05) is 0 Å². The van der Waals surface area contributed by atoms with Gasteiger partial charge in [-0.15, -0.1) is 0 Å². The number of carbonyl (C=O) groups excluding carboxylic acids is 1. The molecule has 0 bridgehead atoms. The highest BCUT2D eigenvalue weighted by atomic mass is 16.4. The summed E-state index contributed by atoms with van der Waals surface area (Å²) in [7, 11) is 1.54. The smallest absolute Gasteiger partial charge is 0.326 e. The number of nitrogens with zero attached hydrogens (tertiary/aromatic N) is 1. The quantitative estimate of drug-likeness (QED) is 0.804. The fourth-order valence-electron chi connectivity index (χ4n) is 1.88. The third-order valence-corrected chi connectivity index (χ3v) is 3.22. The average molecular weight is 264 g/mol. The minimum atomic E-state index is -1.02. The van der Waals surface area contributed by atoms with Crippen LogP contribution in [0.25, 0.3) is 0 Å². The van der Waals surface area contributed by atoms with E-state index in [0.717, 1.165) is 12.8 Å². The molecule has 2 N–H and O–H groups in total. The van der Waals surface area contributed by atoms with Crippen molar-refractivity contribution in [2.75, 3.05) is 0 Å². The second kappa shape index (κ2) is 5.26. The molecule has 1 aliphatic rings. The summed E-state index contributed by atoms with van der Waals surface area (Å²) in [5.74, 6) is -1.09. The summed E-state index contributed by atoms with van der Waals surface area (Å²) in [5.41, 5.74) is 0.0634. The minimum Gasteiger partial charge on any atom is -0.480 e. The molecule has 1 unspecified atom stereocenters. The lowest BCUT2D eigenvalue weighted by atomic mass is 10.1. The molecular formula is C13H16N2O4. The van der Waals surface area contributed by atoms with Gasteiger partial charge in [0, 0.05) is 19.3 Å². The molecule has 1 amide bonds. The molecule has 19 heavy (non-hydrogen) atoms. The summed E-state index contributed by atoms with van der Waals surface area (Å²) in [5, 5.41) is 11.6. The highest BCUT2D eigenvalue weighted by molar-refractivity contribution is 5.96. The number of pyridine rings is 1. The fourth-order valence-corrected chi connectivity index (χ4v) is 1.88. The molecule has 0 radical (unpaired) electrons. The first-order valence-electron chi connectivity index (χ1n) is 6.17. The van der Waals surface area contributed by atoms with Crippen LogP contribution in [-0.4, -0.2) is 27.6 Å². The van der Waals surface area contributed by atoms with Gasteiger partial charge in [-0.05, 0) is 18.4 Å². The first-order valence-corrected chi connectivity index (χ1v) is 6.17. The van der Waals surface area contributed by atoms with Gasteiger partial charge in [-0.3, -0.25) is 9.59 Å². The van der Waals surface area contributed by atoms with Gasteiger partial charge in [-0.2, -0.15) is 0 Å². The van der Waals surface area contributed by atoms with E-state index in [9.17, 15) is 14.4 Å². The number of aryl methyl sites for hydroxylation is 1. The summed E-state index contributed by atoms with van der Waals surface area (Å²) >= 11 is 0. The van der Waals surface area contributed by atoms with Crippen molar-refractivity contribution in [2.45, 2.75) is 25.3 Å². The van der Waals surface area contributed by atoms with E-state index in [4.69, 9.17) is 5.11 Å². The van der Waals surface area contributed by atoms with Crippen molar-refractivity contribution in [3.8, 4) is 0 Å². The van der Waals surface area contributed by atoms with Gasteiger partial charge in [0.25, 0.3) is 5.91 Å². The lowest BCUT2D eigenvalue weighted by Crippen LogP contribution is -2.41. The molecule has 0 aliphatic heterocycles. The number of nitrogens with one attached hydrogen (secondary N) is 1. The average Bonchev–Trinajstić information content (AvgIpc) is 3.15. The third-order valence-electron chi connectivity index (χ3n) is 3.22. The van der Waals surface area contributed by atoms with Gasteiger partial charge in [0.15, 0.2) is 0 Å². The molecule has 1 fully saturated rings. The van der Waals surface area contributed by atoms with E-state index >= 15 is 0 Å². The minimum absolute atomic E-state index is 0.218. The molecule has 2 rings (SSSR count). The molecule has 6 nitrogen and oxygen atoms in total. The van der Waals surface area contributed by atoms with Crippen LogP contribution in [0.4, 0.5) is 0 Å². The standard InChI is InChI=1S/C13H16N2O4/c1-15-7-9(4-5-11(15)16)12(17)14-10(13(18)19)6-8-2-3-8/h4-5,7-8,10H,2-3,6H2,1H3,(H,14,17)(H,18,19). The Labute approximate surface area is 110 Å². The van der Waals surface area contributed by atoms with Crippen molar-refractivity contribution in [3.05, 3.63) is 34.2 Å². The number of aromatic nitrogens is 1. The SMILES string of the molecule is Cn1cc(C(=O)NC(CC2CC2)C(=O)O)ccc1=O. The van der Waals surface area contributed by atoms with Crippen LogP contribution in [0.1, 0.15) is 29.6 Å². The predicted octanol–water partition coefficient (Wildman–Crippen LogP) is 0.368. The van der Waals surface area contributed by atoms with Gasteiger partial charge < -0.3 is 15.0 Å². The number of hydrogen-bond donors (Lipinski definition) is 2. The van der Waals surface area contributed by atoms with E-state index in [-0.39, 0.29) is 11.1 Å². The maximum atomic E-state index is 11.9. The third kappa shape index (κ3) is 3.43. The van der Waals surface area contributed by atoms with Crippen molar-refractivity contribution in [1.29, 1.82) is 0 Å². The number of carboxylic acids is 1. The van der Waals surface area contributed by atoms with Gasteiger partial charge in [-0.1, -0.05) is 12.8 Å². The number of carboxylic acid groups (broad SMARTS) is 1. The van der Waals surface area contributed by atoms with Gasteiger partial charge in [-0.25, -0.2) is 4.79 Å². The van der Waals surface area contributed by atoms with Gasteiger partial charge in [0.05, 0.1) is 5.56 Å². The first kappa shape index (κ1) is 13.3. The molecule has 1 aliphatic carbocycles. The van der Waals surface area contributed by atoms with E-state index in [0.29, 0.717) is 12.3 Å². The van der Waals surface area contributed by atoms with E-state index in [1.54, 1.807) is 0 Å². The topological polar surface area (TPSA) is 88.4 Å². The maximum absolute atomic E-state index is 11.9. The van der Waals surface area contributed by atoms with Crippen LogP contribution in [0, 0.1) is 5.92 Å². The molecule has 6 heteroatoms. The Balaban J connectivity index is 2.07. The van der Waals surface area contributed by atoms with Gasteiger partial charge in [0.2, 0.25) is 5.56 Å². The summed E-state index contributed by atoms with van der Waals surface area (Å²) in [6.45, 7) is 0. The molecule has 1 aromatic rings. The highest BCUT2D eigenvalue weighted by Gasteiger charge is 2.30. The summed E-state index contributed by atoms with van der Waals surface area (Å²) in [6, 6.07) is 1.82. The van der Waals surface area contributed by atoms with Crippen molar-refractivity contribution in [2.24, 2.45) is 13.0 Å². The van der Waals surface area contributed by atoms with Crippen molar-refractivity contribution in [1.82, 2.24) is 9.88 Å². The Morgan fingerprint density at radius 3 is 2.68 bits per heavy atom. The van der Waals surface area contributed by atoms with Crippen molar-refractivity contribution < 1.29 is 14.7 Å². The Morgan fingerprint density at radius 1 is 1.47 bits per heavy atom. The highest BCUT2D eigenvalue weighted by Crippen LogP contribution is 2.33. The lowest BCUT2D eigenvalue weighted by Gasteiger charge is -2.14. The summed E-state index contributed by atoms with van der Waals surface area (Å²) in [6.07, 6.45) is 3.92. The monoisotopic (exact) mass is 264 g/mol. The van der Waals surface area contributed by atoms with Gasteiger partial charge in [0.1, 0.15) is 6.04 Å². The predicted molar refractivity (Wildman–Crippen MR) is 67.9 cm³/mol. The number of aliphatic carboxylic acids is 1. The van der Waals surface area contributed by atoms with Crippen LogP contribution in [0.2, 0.25) is 0 Å². The molecular weight excluding hydrogens is 248 g/mol. The number of carbonyl (C=O) groups is 2. The van der Waals surface area contributed by atoms with Crippen LogP contribution < -0.4 is 10.9 Å². The molecule has 1 aromatic heterocycles. The van der Waals surface area contributed by atoms with Gasteiger partial charge >= 0.3 is 5.97 Å². The Hall–Kier alpha value is -2.11. The molecule has 0 spiro atoms. The second-order valence-electron chi connectivity index (χ2n) is 4.91. The Bertz CT molecular complexity index is 560. The fraction of sp³-hybridized carbons (Fsp3) is 0.462. The van der Waals surface area contributed by atoms with Crippen molar-refractivity contribution >= 4 is 11.9 Å². The van der Waals surface area contributed by atoms with Crippen LogP contribution in [-0.2, 0) is 11.8 Å². The second-order valence-corrected chi connectivity index (χ2v) is 4.91. The molecule has 1 saturated carbocycles. The van der Waals surface area contributed by atoms with Crippen LogP contribution in [0.15, 0.2) is 23.1 Å².